The van der Waals surface area contributed by atoms with Gasteiger partial charge in [-0.05, 0) is 37.1 Å². The second-order valence-electron chi connectivity index (χ2n) is 5.61. The number of benzene rings is 1. The van der Waals surface area contributed by atoms with Crippen LogP contribution in [0, 0.1) is 5.92 Å². The summed E-state index contributed by atoms with van der Waals surface area (Å²) >= 11 is 0. The monoisotopic (exact) mass is 301 g/mol. The third-order valence-corrected chi connectivity index (χ3v) is 3.22. The molecule has 0 radical (unpaired) electrons. The van der Waals surface area contributed by atoms with Crippen molar-refractivity contribution in [3.8, 4) is 5.75 Å². The summed E-state index contributed by atoms with van der Waals surface area (Å²) in [7, 11) is 0. The fraction of sp³-hybridized carbons (Fsp3) is 0.412. The average Bonchev–Trinajstić information content (AvgIpc) is 2.52. The van der Waals surface area contributed by atoms with Gasteiger partial charge in [0.25, 0.3) is 5.91 Å². The van der Waals surface area contributed by atoms with E-state index in [-0.39, 0.29) is 5.91 Å². The lowest BCUT2D eigenvalue weighted by Crippen LogP contribution is -2.26. The van der Waals surface area contributed by atoms with Crippen molar-refractivity contribution >= 4 is 16.8 Å². The zero-order valence-corrected chi connectivity index (χ0v) is 13.1. The van der Waals surface area contributed by atoms with E-state index in [1.165, 1.54) is 0 Å². The Kier molecular flexibility index (Phi) is 5.72. The van der Waals surface area contributed by atoms with Crippen molar-refractivity contribution in [2.45, 2.75) is 20.3 Å². The summed E-state index contributed by atoms with van der Waals surface area (Å²) in [5, 5.41) is 3.67. The van der Waals surface area contributed by atoms with E-state index in [1.54, 1.807) is 12.3 Å². The Morgan fingerprint density at radius 1 is 1.36 bits per heavy atom. The predicted octanol–water partition coefficient (Wildman–Crippen LogP) is 2.35. The third kappa shape index (κ3) is 3.95. The molecule has 118 valence electrons. The summed E-state index contributed by atoms with van der Waals surface area (Å²) in [6, 6.07) is 7.32. The number of hydrogen-bond acceptors (Lipinski definition) is 4. The van der Waals surface area contributed by atoms with Crippen LogP contribution in [0.3, 0.4) is 0 Å². The fourth-order valence-electron chi connectivity index (χ4n) is 2.12. The zero-order valence-electron chi connectivity index (χ0n) is 13.1. The number of aromatic nitrogens is 1. The minimum absolute atomic E-state index is 0.109. The molecule has 5 nitrogen and oxygen atoms in total. The molecule has 0 aliphatic heterocycles. The Bertz CT molecular complexity index is 641. The third-order valence-electron chi connectivity index (χ3n) is 3.22. The highest BCUT2D eigenvalue weighted by Gasteiger charge is 2.13. The van der Waals surface area contributed by atoms with Crippen LogP contribution in [0.4, 0.5) is 0 Å². The Labute approximate surface area is 130 Å². The summed E-state index contributed by atoms with van der Waals surface area (Å²) in [6.45, 7) is 5.94. The molecule has 1 aromatic carbocycles. The molecule has 0 aliphatic carbocycles. The van der Waals surface area contributed by atoms with Gasteiger partial charge in [-0.2, -0.15) is 0 Å². The van der Waals surface area contributed by atoms with E-state index >= 15 is 0 Å². The van der Waals surface area contributed by atoms with Crippen LogP contribution in [0.15, 0.2) is 30.5 Å². The van der Waals surface area contributed by atoms with Crippen molar-refractivity contribution in [1.29, 1.82) is 0 Å². The SMILES string of the molecule is CC(C)COc1ccc(C(=O)NCCCN)c2cccnc12. The van der Waals surface area contributed by atoms with E-state index in [1.807, 2.05) is 18.2 Å². The summed E-state index contributed by atoms with van der Waals surface area (Å²) in [5.41, 5.74) is 6.77. The largest absolute Gasteiger partial charge is 0.491 e. The molecule has 0 spiro atoms. The standard InChI is InChI=1S/C17H23N3O2/c1-12(2)11-22-15-7-6-14(17(21)20-10-4-8-18)13-5-3-9-19-16(13)15/h3,5-7,9,12H,4,8,10-11,18H2,1-2H3,(H,20,21). The quantitative estimate of drug-likeness (QED) is 0.770. The van der Waals surface area contributed by atoms with Gasteiger partial charge in [0.1, 0.15) is 11.3 Å². The van der Waals surface area contributed by atoms with Crippen molar-refractivity contribution < 1.29 is 9.53 Å². The van der Waals surface area contributed by atoms with Crippen LogP contribution in [0.1, 0.15) is 30.6 Å². The molecule has 22 heavy (non-hydrogen) atoms. The number of nitrogens with one attached hydrogen (secondary N) is 1. The topological polar surface area (TPSA) is 77.2 Å². The van der Waals surface area contributed by atoms with Crippen molar-refractivity contribution in [2.24, 2.45) is 11.7 Å². The second kappa shape index (κ2) is 7.75. The van der Waals surface area contributed by atoms with Crippen molar-refractivity contribution in [2.75, 3.05) is 19.7 Å². The minimum Gasteiger partial charge on any atom is -0.491 e. The zero-order chi connectivity index (χ0) is 15.9. The van der Waals surface area contributed by atoms with Gasteiger partial charge in [-0.15, -0.1) is 0 Å². The van der Waals surface area contributed by atoms with Gasteiger partial charge in [0, 0.05) is 23.7 Å². The first-order valence-electron chi connectivity index (χ1n) is 7.62. The molecular weight excluding hydrogens is 278 g/mol. The number of ether oxygens (including phenoxy) is 1. The number of nitrogens with zero attached hydrogens (tertiary/aromatic N) is 1. The van der Waals surface area contributed by atoms with Crippen LogP contribution in [0.25, 0.3) is 10.9 Å². The lowest BCUT2D eigenvalue weighted by Gasteiger charge is -2.13. The van der Waals surface area contributed by atoms with E-state index in [2.05, 4.69) is 24.1 Å². The minimum atomic E-state index is -0.109. The van der Waals surface area contributed by atoms with E-state index < -0.39 is 0 Å². The first-order chi connectivity index (χ1) is 10.6. The first-order valence-corrected chi connectivity index (χ1v) is 7.62. The highest BCUT2D eigenvalue weighted by molar-refractivity contribution is 6.07. The molecule has 2 aromatic rings. The summed E-state index contributed by atoms with van der Waals surface area (Å²) in [6.07, 6.45) is 2.47. The highest BCUT2D eigenvalue weighted by atomic mass is 16.5. The molecule has 0 atom stereocenters. The Morgan fingerprint density at radius 3 is 2.91 bits per heavy atom. The summed E-state index contributed by atoms with van der Waals surface area (Å²) in [4.78, 5) is 16.7. The molecule has 0 saturated heterocycles. The van der Waals surface area contributed by atoms with Crippen molar-refractivity contribution in [3.63, 3.8) is 0 Å². The maximum Gasteiger partial charge on any atom is 0.251 e. The smallest absolute Gasteiger partial charge is 0.251 e. The summed E-state index contributed by atoms with van der Waals surface area (Å²) < 4.78 is 5.80. The maximum atomic E-state index is 12.3. The lowest BCUT2D eigenvalue weighted by atomic mass is 10.1. The Morgan fingerprint density at radius 2 is 2.18 bits per heavy atom. The van der Waals surface area contributed by atoms with Gasteiger partial charge in [0.2, 0.25) is 0 Å². The van der Waals surface area contributed by atoms with Gasteiger partial charge in [-0.3, -0.25) is 9.78 Å². The number of carbonyl (C=O) groups excluding carboxylic acids is 1. The van der Waals surface area contributed by atoms with Gasteiger partial charge in [-0.1, -0.05) is 19.9 Å². The van der Waals surface area contributed by atoms with Gasteiger partial charge in [0.15, 0.2) is 0 Å². The molecule has 1 aromatic heterocycles. The predicted molar refractivity (Wildman–Crippen MR) is 88.1 cm³/mol. The fourth-order valence-corrected chi connectivity index (χ4v) is 2.12. The van der Waals surface area contributed by atoms with Gasteiger partial charge < -0.3 is 15.8 Å². The van der Waals surface area contributed by atoms with Gasteiger partial charge in [0.05, 0.1) is 6.61 Å². The van der Waals surface area contributed by atoms with Crippen LogP contribution >= 0.6 is 0 Å². The number of pyridine rings is 1. The van der Waals surface area contributed by atoms with Crippen LogP contribution < -0.4 is 15.8 Å². The van der Waals surface area contributed by atoms with Gasteiger partial charge in [-0.25, -0.2) is 0 Å². The van der Waals surface area contributed by atoms with E-state index in [0.29, 0.717) is 36.9 Å². The second-order valence-corrected chi connectivity index (χ2v) is 5.61. The average molecular weight is 301 g/mol. The molecule has 0 aliphatic rings. The molecule has 0 unspecified atom stereocenters. The number of fused-ring (bicyclic) bond motifs is 1. The summed E-state index contributed by atoms with van der Waals surface area (Å²) in [5.74, 6) is 1.03. The maximum absolute atomic E-state index is 12.3. The molecular formula is C17H23N3O2. The highest BCUT2D eigenvalue weighted by Crippen LogP contribution is 2.27. The van der Waals surface area contributed by atoms with Crippen molar-refractivity contribution in [3.05, 3.63) is 36.0 Å². The number of nitrogens with two attached hydrogens (primary N) is 1. The number of hydrogen-bond donors (Lipinski definition) is 2. The normalized spacial score (nSPS) is 10.9. The molecule has 0 fully saturated rings. The van der Waals surface area contributed by atoms with Crippen LogP contribution in [-0.4, -0.2) is 30.6 Å². The van der Waals surface area contributed by atoms with Crippen LogP contribution in [-0.2, 0) is 0 Å². The Hall–Kier alpha value is -2.14. The van der Waals surface area contributed by atoms with E-state index in [0.717, 1.165) is 17.3 Å². The van der Waals surface area contributed by atoms with Crippen LogP contribution in [0.2, 0.25) is 0 Å². The number of amides is 1. The molecule has 1 heterocycles. The molecule has 0 saturated carbocycles. The van der Waals surface area contributed by atoms with E-state index in [4.69, 9.17) is 10.5 Å². The number of carbonyl (C=O) groups is 1. The molecule has 2 rings (SSSR count). The molecule has 3 N–H and O–H groups in total. The number of rotatable bonds is 7. The first kappa shape index (κ1) is 16.2. The van der Waals surface area contributed by atoms with Crippen LogP contribution in [0.5, 0.6) is 5.75 Å². The molecule has 5 heteroatoms. The van der Waals surface area contributed by atoms with Gasteiger partial charge >= 0.3 is 0 Å². The van der Waals surface area contributed by atoms with Crippen molar-refractivity contribution in [1.82, 2.24) is 10.3 Å². The Balaban J connectivity index is 2.29. The molecule has 1 amide bonds. The lowest BCUT2D eigenvalue weighted by molar-refractivity contribution is 0.0955. The molecule has 0 bridgehead atoms. The van der Waals surface area contributed by atoms with E-state index in [9.17, 15) is 4.79 Å².